The number of nitrogens with zero attached hydrogens (tertiary/aromatic N) is 2. The fourth-order valence-electron chi connectivity index (χ4n) is 5.04. The van der Waals surface area contributed by atoms with Crippen molar-refractivity contribution in [2.24, 2.45) is 5.92 Å². The zero-order valence-corrected chi connectivity index (χ0v) is 17.5. The Bertz CT molecular complexity index is 618. The van der Waals surface area contributed by atoms with Crippen molar-refractivity contribution in [2.75, 3.05) is 14.1 Å². The second kappa shape index (κ2) is 9.52. The number of likely N-dealkylation sites (N-methyl/N-ethyl adjacent to an activating group) is 2. The van der Waals surface area contributed by atoms with Crippen LogP contribution in [0.1, 0.15) is 69.2 Å². The Kier molecular flexibility index (Phi) is 7.09. The second-order valence-corrected chi connectivity index (χ2v) is 8.28. The van der Waals surface area contributed by atoms with Gasteiger partial charge in [0, 0.05) is 0 Å². The van der Waals surface area contributed by atoms with Gasteiger partial charge in [0.2, 0.25) is 0 Å². The lowest BCUT2D eigenvalue weighted by Gasteiger charge is -2.32. The molecule has 0 spiro atoms. The van der Waals surface area contributed by atoms with Gasteiger partial charge in [0.25, 0.3) is 0 Å². The van der Waals surface area contributed by atoms with Crippen molar-refractivity contribution in [1.82, 2.24) is 9.80 Å². The van der Waals surface area contributed by atoms with E-state index >= 15 is 0 Å². The molecule has 2 heteroatoms. The number of rotatable bonds is 8. The fraction of sp³-hybridized carbons (Fsp3) is 0.520. The van der Waals surface area contributed by atoms with Crippen LogP contribution in [0.2, 0.25) is 0 Å². The second-order valence-electron chi connectivity index (χ2n) is 8.28. The molecule has 0 bridgehead atoms. The highest BCUT2D eigenvalue weighted by Crippen LogP contribution is 2.47. The van der Waals surface area contributed by atoms with E-state index in [1.807, 2.05) is 0 Å². The Hall–Kier alpha value is -1.64. The summed E-state index contributed by atoms with van der Waals surface area (Å²) in [7, 11) is 4.65. The van der Waals surface area contributed by atoms with Crippen molar-refractivity contribution in [1.29, 1.82) is 0 Å². The van der Waals surface area contributed by atoms with Crippen LogP contribution in [0.5, 0.6) is 0 Å². The number of benzene rings is 2. The monoisotopic (exact) mass is 364 g/mol. The van der Waals surface area contributed by atoms with Crippen LogP contribution in [0.25, 0.3) is 0 Å². The highest BCUT2D eigenvalue weighted by molar-refractivity contribution is 5.30. The molecule has 0 N–H and O–H groups in total. The molecule has 0 saturated carbocycles. The van der Waals surface area contributed by atoms with E-state index in [-0.39, 0.29) is 0 Å². The quantitative estimate of drug-likeness (QED) is 0.509. The molecule has 0 amide bonds. The summed E-state index contributed by atoms with van der Waals surface area (Å²) < 4.78 is 0. The third-order valence-electron chi connectivity index (χ3n) is 6.32. The SMILES string of the molecule is CCCCCC[C@H](C)C1N(C)[C@@H](c2ccccc2)[C@H](c2ccccc2)N1C. The van der Waals surface area contributed by atoms with Crippen LogP contribution in [0, 0.1) is 5.92 Å². The van der Waals surface area contributed by atoms with Crippen LogP contribution in [0.4, 0.5) is 0 Å². The topological polar surface area (TPSA) is 6.48 Å². The van der Waals surface area contributed by atoms with Crippen molar-refractivity contribution in [3.8, 4) is 0 Å². The number of hydrogen-bond donors (Lipinski definition) is 0. The molecular formula is C25H36N2. The first-order chi connectivity index (χ1) is 13.1. The average Bonchev–Trinajstić information content (AvgIpc) is 2.96. The molecule has 0 aromatic heterocycles. The average molecular weight is 365 g/mol. The fourth-order valence-corrected chi connectivity index (χ4v) is 5.04. The van der Waals surface area contributed by atoms with E-state index in [9.17, 15) is 0 Å². The summed E-state index contributed by atoms with van der Waals surface area (Å²) in [6.45, 7) is 4.73. The van der Waals surface area contributed by atoms with Crippen LogP contribution in [0.3, 0.4) is 0 Å². The van der Waals surface area contributed by atoms with Crippen molar-refractivity contribution in [3.05, 3.63) is 71.8 Å². The smallest absolute Gasteiger partial charge is 0.0655 e. The third-order valence-corrected chi connectivity index (χ3v) is 6.32. The first-order valence-corrected chi connectivity index (χ1v) is 10.7. The van der Waals surface area contributed by atoms with Crippen LogP contribution in [0.15, 0.2) is 60.7 Å². The summed E-state index contributed by atoms with van der Waals surface area (Å²) in [5, 5.41) is 0. The van der Waals surface area contributed by atoms with Crippen molar-refractivity contribution in [3.63, 3.8) is 0 Å². The van der Waals surface area contributed by atoms with Crippen LogP contribution < -0.4 is 0 Å². The van der Waals surface area contributed by atoms with E-state index in [4.69, 9.17) is 0 Å². The molecule has 1 fully saturated rings. The van der Waals surface area contributed by atoms with Crippen LogP contribution in [-0.2, 0) is 0 Å². The summed E-state index contributed by atoms with van der Waals surface area (Å²) in [4.78, 5) is 5.25. The highest BCUT2D eigenvalue weighted by Gasteiger charge is 2.46. The molecule has 0 unspecified atom stereocenters. The van der Waals surface area contributed by atoms with Gasteiger partial charge in [0.05, 0.1) is 18.2 Å². The molecule has 0 aliphatic carbocycles. The molecule has 146 valence electrons. The first-order valence-electron chi connectivity index (χ1n) is 10.7. The molecule has 1 heterocycles. The Morgan fingerprint density at radius 1 is 0.741 bits per heavy atom. The lowest BCUT2D eigenvalue weighted by molar-refractivity contribution is 0.0992. The molecule has 3 rings (SSSR count). The van der Waals surface area contributed by atoms with Crippen molar-refractivity contribution >= 4 is 0 Å². The van der Waals surface area contributed by atoms with E-state index in [0.717, 1.165) is 0 Å². The van der Waals surface area contributed by atoms with E-state index in [0.29, 0.717) is 24.2 Å². The lowest BCUT2D eigenvalue weighted by Crippen LogP contribution is -2.40. The first kappa shape index (κ1) is 20.1. The highest BCUT2D eigenvalue weighted by atomic mass is 15.4. The summed E-state index contributed by atoms with van der Waals surface area (Å²) in [5.41, 5.74) is 2.84. The number of unbranched alkanes of at least 4 members (excludes halogenated alkanes) is 3. The van der Waals surface area contributed by atoms with E-state index < -0.39 is 0 Å². The predicted molar refractivity (Wildman–Crippen MR) is 116 cm³/mol. The summed E-state index contributed by atoms with van der Waals surface area (Å²) in [6.07, 6.45) is 7.17. The molecule has 2 nitrogen and oxygen atoms in total. The molecular weight excluding hydrogens is 328 g/mol. The maximum Gasteiger partial charge on any atom is 0.0655 e. The molecule has 1 aliphatic heterocycles. The van der Waals surface area contributed by atoms with Crippen molar-refractivity contribution in [2.45, 2.75) is 64.2 Å². The molecule has 1 saturated heterocycles. The van der Waals surface area contributed by atoms with Gasteiger partial charge in [-0.05, 0) is 37.6 Å². The maximum absolute atomic E-state index is 2.62. The van der Waals surface area contributed by atoms with Crippen molar-refractivity contribution < 1.29 is 0 Å². The summed E-state index contributed by atoms with van der Waals surface area (Å²) in [6, 6.07) is 22.9. The Labute approximate surface area is 166 Å². The van der Waals surface area contributed by atoms with Gasteiger partial charge < -0.3 is 0 Å². The van der Waals surface area contributed by atoms with E-state index in [2.05, 4.69) is 98.4 Å². The van der Waals surface area contributed by atoms with Gasteiger partial charge in [-0.3, -0.25) is 9.80 Å². The minimum atomic E-state index is 0.390. The summed E-state index contributed by atoms with van der Waals surface area (Å²) >= 11 is 0. The van der Waals surface area contributed by atoms with Gasteiger partial charge in [0.1, 0.15) is 0 Å². The van der Waals surface area contributed by atoms with E-state index in [1.165, 1.54) is 43.2 Å². The molecule has 27 heavy (non-hydrogen) atoms. The van der Waals surface area contributed by atoms with Gasteiger partial charge >= 0.3 is 0 Å². The minimum absolute atomic E-state index is 0.390. The Morgan fingerprint density at radius 2 is 1.22 bits per heavy atom. The lowest BCUT2D eigenvalue weighted by atomic mass is 9.93. The third kappa shape index (κ3) is 4.44. The van der Waals surface area contributed by atoms with Gasteiger partial charge in [0.15, 0.2) is 0 Å². The molecule has 0 radical (unpaired) electrons. The standard InChI is InChI=1S/C25H36N2/c1-5-6-7-10-15-20(2)25-26(3)23(21-16-11-8-12-17-21)24(27(25)4)22-18-13-9-14-19-22/h8-9,11-14,16-20,23-25H,5-7,10,15H2,1-4H3/t20-,23-,24-/m0/s1. The Morgan fingerprint density at radius 3 is 1.67 bits per heavy atom. The van der Waals surface area contributed by atoms with Crippen LogP contribution >= 0.6 is 0 Å². The minimum Gasteiger partial charge on any atom is -0.282 e. The van der Waals surface area contributed by atoms with Gasteiger partial charge in [-0.25, -0.2) is 0 Å². The largest absolute Gasteiger partial charge is 0.282 e. The molecule has 1 aliphatic rings. The van der Waals surface area contributed by atoms with E-state index in [1.54, 1.807) is 0 Å². The molecule has 3 atom stereocenters. The van der Waals surface area contributed by atoms with Gasteiger partial charge in [-0.1, -0.05) is 100 Å². The number of hydrogen-bond acceptors (Lipinski definition) is 2. The molecule has 2 aromatic carbocycles. The normalized spacial score (nSPS) is 23.0. The maximum atomic E-state index is 2.62. The van der Waals surface area contributed by atoms with Gasteiger partial charge in [-0.15, -0.1) is 0 Å². The Balaban J connectivity index is 1.86. The molecule has 2 aromatic rings. The van der Waals surface area contributed by atoms with Gasteiger partial charge in [-0.2, -0.15) is 0 Å². The predicted octanol–water partition coefficient (Wildman–Crippen LogP) is 6.28. The zero-order chi connectivity index (χ0) is 19.2. The van der Waals surface area contributed by atoms with Crippen LogP contribution in [-0.4, -0.2) is 30.1 Å². The zero-order valence-electron chi connectivity index (χ0n) is 17.5. The summed E-state index contributed by atoms with van der Waals surface area (Å²) in [5.74, 6) is 0.664.